The maximum Gasteiger partial charge on any atom is 0.276 e. The van der Waals surface area contributed by atoms with Gasteiger partial charge in [-0.15, -0.1) is 0 Å². The van der Waals surface area contributed by atoms with Gasteiger partial charge in [-0.05, 0) is 50.0 Å². The number of nitrogens with one attached hydrogen (secondary N) is 2. The molecule has 4 rings (SSSR count). The van der Waals surface area contributed by atoms with E-state index in [0.29, 0.717) is 23.9 Å². The van der Waals surface area contributed by atoms with Crippen molar-refractivity contribution in [2.45, 2.75) is 45.8 Å². The van der Waals surface area contributed by atoms with E-state index in [9.17, 15) is 9.59 Å². The predicted octanol–water partition coefficient (Wildman–Crippen LogP) is 2.58. The third-order valence-electron chi connectivity index (χ3n) is 5.84. The number of fused-ring (bicyclic) bond motifs is 1. The Morgan fingerprint density at radius 3 is 2.90 bits per heavy atom. The molecule has 1 aromatic carbocycles. The molecule has 0 saturated carbocycles. The lowest BCUT2D eigenvalue weighted by Crippen LogP contribution is -2.34. The SMILES string of the molecule is CCc1cccc2c(/C=C3\NC(=S)N(CC)C3=O)cn(CC(=O)NCC3CCCO3)c12. The third kappa shape index (κ3) is 4.36. The first-order valence-electron chi connectivity index (χ1n) is 10.8. The van der Waals surface area contributed by atoms with Gasteiger partial charge in [0, 0.05) is 36.8 Å². The number of benzene rings is 1. The Kier molecular flexibility index (Phi) is 6.38. The molecule has 2 aliphatic rings. The molecule has 7 nitrogen and oxygen atoms in total. The van der Waals surface area contributed by atoms with Crippen molar-refractivity contribution in [2.75, 3.05) is 19.7 Å². The summed E-state index contributed by atoms with van der Waals surface area (Å²) in [6.45, 7) is 6.04. The van der Waals surface area contributed by atoms with E-state index in [1.807, 2.05) is 35.9 Å². The van der Waals surface area contributed by atoms with Crippen LogP contribution in [0.5, 0.6) is 0 Å². The highest BCUT2D eigenvalue weighted by Gasteiger charge is 2.29. The molecule has 3 heterocycles. The minimum Gasteiger partial charge on any atom is -0.376 e. The predicted molar refractivity (Wildman–Crippen MR) is 124 cm³/mol. The van der Waals surface area contributed by atoms with E-state index in [1.54, 1.807) is 0 Å². The van der Waals surface area contributed by atoms with Gasteiger partial charge < -0.3 is 19.9 Å². The average Bonchev–Trinajstić information content (AvgIpc) is 3.46. The van der Waals surface area contributed by atoms with Crippen LogP contribution in [-0.2, 0) is 27.3 Å². The van der Waals surface area contributed by atoms with E-state index in [-0.39, 0.29) is 24.5 Å². The van der Waals surface area contributed by atoms with E-state index in [1.165, 1.54) is 4.90 Å². The molecule has 1 atom stereocenters. The molecule has 1 aromatic heterocycles. The van der Waals surface area contributed by atoms with Crippen molar-refractivity contribution in [1.82, 2.24) is 20.1 Å². The fourth-order valence-electron chi connectivity index (χ4n) is 4.25. The quantitative estimate of drug-likeness (QED) is 0.511. The lowest BCUT2D eigenvalue weighted by Gasteiger charge is -2.12. The smallest absolute Gasteiger partial charge is 0.276 e. The zero-order chi connectivity index (χ0) is 22.0. The van der Waals surface area contributed by atoms with Crippen LogP contribution in [0.25, 0.3) is 17.0 Å². The van der Waals surface area contributed by atoms with Gasteiger partial charge in [0.1, 0.15) is 12.2 Å². The summed E-state index contributed by atoms with van der Waals surface area (Å²) in [6, 6.07) is 6.11. The summed E-state index contributed by atoms with van der Waals surface area (Å²) in [5, 5.41) is 7.44. The average molecular weight is 441 g/mol. The molecule has 0 bridgehead atoms. The number of hydrogen-bond acceptors (Lipinski definition) is 4. The van der Waals surface area contributed by atoms with Crippen LogP contribution in [0.1, 0.15) is 37.8 Å². The number of aryl methyl sites for hydroxylation is 1. The minimum atomic E-state index is -0.130. The maximum atomic E-state index is 12.7. The summed E-state index contributed by atoms with van der Waals surface area (Å²) < 4.78 is 7.57. The largest absolute Gasteiger partial charge is 0.376 e. The van der Waals surface area contributed by atoms with E-state index in [2.05, 4.69) is 23.6 Å². The Morgan fingerprint density at radius 2 is 2.23 bits per heavy atom. The highest BCUT2D eigenvalue weighted by molar-refractivity contribution is 7.80. The Morgan fingerprint density at radius 1 is 1.39 bits per heavy atom. The molecule has 2 N–H and O–H groups in total. The Hall–Kier alpha value is -2.71. The number of nitrogens with zero attached hydrogens (tertiary/aromatic N) is 2. The zero-order valence-electron chi connectivity index (χ0n) is 17.9. The van der Waals surface area contributed by atoms with Crippen LogP contribution < -0.4 is 10.6 Å². The molecule has 31 heavy (non-hydrogen) atoms. The van der Waals surface area contributed by atoms with Crippen LogP contribution in [0, 0.1) is 0 Å². The van der Waals surface area contributed by atoms with Crippen molar-refractivity contribution in [2.24, 2.45) is 0 Å². The fourth-order valence-corrected chi connectivity index (χ4v) is 4.57. The lowest BCUT2D eigenvalue weighted by molar-refractivity contribution is -0.123. The number of carbonyl (C=O) groups excluding carboxylic acids is 2. The van der Waals surface area contributed by atoms with Crippen LogP contribution in [0.15, 0.2) is 30.1 Å². The van der Waals surface area contributed by atoms with Crippen molar-refractivity contribution >= 4 is 46.1 Å². The first-order valence-corrected chi connectivity index (χ1v) is 11.3. The van der Waals surface area contributed by atoms with Crippen LogP contribution in [0.2, 0.25) is 0 Å². The topological polar surface area (TPSA) is 75.6 Å². The number of carbonyl (C=O) groups is 2. The van der Waals surface area contributed by atoms with E-state index in [4.69, 9.17) is 17.0 Å². The molecule has 8 heteroatoms. The van der Waals surface area contributed by atoms with Gasteiger partial charge in [-0.3, -0.25) is 14.5 Å². The second-order valence-electron chi connectivity index (χ2n) is 7.86. The summed E-state index contributed by atoms with van der Waals surface area (Å²) in [6.07, 6.45) is 6.76. The highest BCUT2D eigenvalue weighted by atomic mass is 32.1. The van der Waals surface area contributed by atoms with Crippen molar-refractivity contribution in [1.29, 1.82) is 0 Å². The summed E-state index contributed by atoms with van der Waals surface area (Å²) >= 11 is 5.27. The lowest BCUT2D eigenvalue weighted by atomic mass is 10.1. The first-order chi connectivity index (χ1) is 15.0. The molecule has 2 aliphatic heterocycles. The van der Waals surface area contributed by atoms with Gasteiger partial charge in [-0.1, -0.05) is 25.1 Å². The second-order valence-corrected chi connectivity index (χ2v) is 8.24. The fraction of sp³-hybridized carbons (Fsp3) is 0.435. The number of ether oxygens (including phenoxy) is 1. The van der Waals surface area contributed by atoms with E-state index in [0.717, 1.165) is 47.9 Å². The zero-order valence-corrected chi connectivity index (χ0v) is 18.8. The van der Waals surface area contributed by atoms with Gasteiger partial charge >= 0.3 is 0 Å². The third-order valence-corrected chi connectivity index (χ3v) is 6.16. The normalized spacial score (nSPS) is 20.1. The molecule has 0 spiro atoms. The van der Waals surface area contributed by atoms with Crippen LogP contribution in [-0.4, -0.2) is 52.2 Å². The number of hydrogen-bond donors (Lipinski definition) is 2. The minimum absolute atomic E-state index is 0.0501. The van der Waals surface area contributed by atoms with Crippen molar-refractivity contribution in [3.63, 3.8) is 0 Å². The number of para-hydroxylation sites is 1. The number of thiocarbonyl (C=S) groups is 1. The number of amides is 2. The number of rotatable bonds is 7. The molecule has 1 unspecified atom stereocenters. The molecular weight excluding hydrogens is 412 g/mol. The molecular formula is C23H28N4O3S. The van der Waals surface area contributed by atoms with Crippen LogP contribution in [0.3, 0.4) is 0 Å². The highest BCUT2D eigenvalue weighted by Crippen LogP contribution is 2.28. The molecule has 0 radical (unpaired) electrons. The first kappa shape index (κ1) is 21.5. The van der Waals surface area contributed by atoms with Crippen LogP contribution in [0.4, 0.5) is 0 Å². The van der Waals surface area contributed by atoms with Gasteiger partial charge in [0.25, 0.3) is 5.91 Å². The van der Waals surface area contributed by atoms with Gasteiger partial charge in [-0.2, -0.15) is 0 Å². The van der Waals surface area contributed by atoms with Gasteiger partial charge in [-0.25, -0.2) is 0 Å². The van der Waals surface area contributed by atoms with Crippen molar-refractivity contribution in [3.05, 3.63) is 41.2 Å². The number of aromatic nitrogens is 1. The maximum absolute atomic E-state index is 12.7. The van der Waals surface area contributed by atoms with Crippen molar-refractivity contribution < 1.29 is 14.3 Å². The van der Waals surface area contributed by atoms with E-state index >= 15 is 0 Å². The molecule has 2 aromatic rings. The molecule has 2 amide bonds. The Labute approximate surface area is 187 Å². The summed E-state index contributed by atoms with van der Waals surface area (Å²) in [5.74, 6) is -0.180. The summed E-state index contributed by atoms with van der Waals surface area (Å²) in [7, 11) is 0. The summed E-state index contributed by atoms with van der Waals surface area (Å²) in [5.41, 5.74) is 3.51. The summed E-state index contributed by atoms with van der Waals surface area (Å²) in [4.78, 5) is 26.8. The van der Waals surface area contributed by atoms with Gasteiger partial charge in [0.05, 0.1) is 11.6 Å². The Bertz CT molecular complexity index is 1050. The van der Waals surface area contributed by atoms with Gasteiger partial charge in [0.2, 0.25) is 5.91 Å². The standard InChI is InChI=1S/C23H28N4O3S/c1-3-15-7-5-9-18-16(11-19-22(29)27(4-2)23(31)25-19)13-26(21(15)18)14-20(28)24-12-17-8-6-10-30-17/h5,7,9,11,13,17H,3-4,6,8,10,12,14H2,1-2H3,(H,24,28)(H,25,31)/b19-11-. The van der Waals surface area contributed by atoms with Crippen molar-refractivity contribution in [3.8, 4) is 0 Å². The number of likely N-dealkylation sites (N-methyl/N-ethyl adjacent to an activating group) is 1. The Balaban J connectivity index is 1.63. The molecule has 0 aliphatic carbocycles. The molecule has 2 saturated heterocycles. The monoisotopic (exact) mass is 440 g/mol. The van der Waals surface area contributed by atoms with Gasteiger partial charge in [0.15, 0.2) is 5.11 Å². The molecule has 2 fully saturated rings. The molecule has 164 valence electrons. The van der Waals surface area contributed by atoms with E-state index < -0.39 is 0 Å². The van der Waals surface area contributed by atoms with Crippen LogP contribution >= 0.6 is 12.2 Å². The second kappa shape index (κ2) is 9.20.